The summed E-state index contributed by atoms with van der Waals surface area (Å²) >= 11 is 0. The summed E-state index contributed by atoms with van der Waals surface area (Å²) in [6.07, 6.45) is 7.16. The van der Waals surface area contributed by atoms with Crippen LogP contribution < -0.4 is 5.32 Å². The summed E-state index contributed by atoms with van der Waals surface area (Å²) in [5, 5.41) is 11.3. The van der Waals surface area contributed by atoms with Crippen molar-refractivity contribution in [1.82, 2.24) is 5.32 Å². The fourth-order valence-corrected chi connectivity index (χ4v) is 2.14. The zero-order valence-electron chi connectivity index (χ0n) is 9.71. The van der Waals surface area contributed by atoms with Gasteiger partial charge >= 0.3 is 5.97 Å². The van der Waals surface area contributed by atoms with Crippen LogP contribution in [0.1, 0.15) is 51.4 Å². The predicted octanol–water partition coefficient (Wildman–Crippen LogP) is 1.94. The lowest BCUT2D eigenvalue weighted by Crippen LogP contribution is -2.30. The Labute approximate surface area is 96.4 Å². The van der Waals surface area contributed by atoms with Crippen LogP contribution in [0.25, 0.3) is 0 Å². The van der Waals surface area contributed by atoms with Gasteiger partial charge in [-0.15, -0.1) is 0 Å². The molecular weight excluding hydrogens is 206 g/mol. The molecule has 0 aromatic heterocycles. The summed E-state index contributed by atoms with van der Waals surface area (Å²) in [6, 6.07) is 0. The van der Waals surface area contributed by atoms with E-state index in [1.165, 1.54) is 32.1 Å². The first kappa shape index (κ1) is 13.0. The van der Waals surface area contributed by atoms with Crippen molar-refractivity contribution in [3.63, 3.8) is 0 Å². The number of carbonyl (C=O) groups is 2. The second-order valence-corrected chi connectivity index (χ2v) is 4.56. The van der Waals surface area contributed by atoms with Crippen LogP contribution >= 0.6 is 0 Å². The predicted molar refractivity (Wildman–Crippen MR) is 61.1 cm³/mol. The van der Waals surface area contributed by atoms with Crippen LogP contribution in [0, 0.1) is 5.92 Å². The van der Waals surface area contributed by atoms with Crippen LogP contribution in [0.3, 0.4) is 0 Å². The Balaban J connectivity index is 2.02. The molecule has 0 bridgehead atoms. The van der Waals surface area contributed by atoms with Crippen LogP contribution in [-0.4, -0.2) is 23.5 Å². The van der Waals surface area contributed by atoms with Crippen LogP contribution in [0.2, 0.25) is 0 Å². The van der Waals surface area contributed by atoms with Crippen molar-refractivity contribution in [2.24, 2.45) is 5.92 Å². The van der Waals surface area contributed by atoms with Crippen molar-refractivity contribution in [3.05, 3.63) is 0 Å². The Morgan fingerprint density at radius 3 is 2.44 bits per heavy atom. The smallest absolute Gasteiger partial charge is 0.303 e. The maximum absolute atomic E-state index is 11.4. The lowest BCUT2D eigenvalue weighted by atomic mass is 9.89. The number of aliphatic carboxylic acids is 1. The molecule has 0 atom stereocenters. The molecule has 2 N–H and O–H groups in total. The van der Waals surface area contributed by atoms with Gasteiger partial charge < -0.3 is 10.4 Å². The number of nitrogens with one attached hydrogen (secondary N) is 1. The molecule has 1 aliphatic carbocycles. The third-order valence-corrected chi connectivity index (χ3v) is 3.11. The fraction of sp³-hybridized carbons (Fsp3) is 0.833. The molecule has 4 nitrogen and oxygen atoms in total. The van der Waals surface area contributed by atoms with Gasteiger partial charge in [-0.2, -0.15) is 0 Å². The quantitative estimate of drug-likeness (QED) is 0.728. The summed E-state index contributed by atoms with van der Waals surface area (Å²) in [5.41, 5.74) is 0. The molecule has 0 unspecified atom stereocenters. The molecule has 0 radical (unpaired) electrons. The average molecular weight is 227 g/mol. The van der Waals surface area contributed by atoms with Gasteiger partial charge in [-0.25, -0.2) is 0 Å². The molecule has 1 saturated carbocycles. The monoisotopic (exact) mass is 227 g/mol. The van der Waals surface area contributed by atoms with Crippen molar-refractivity contribution in [3.8, 4) is 0 Å². The lowest BCUT2D eigenvalue weighted by Gasteiger charge is -2.21. The summed E-state index contributed by atoms with van der Waals surface area (Å²) in [6.45, 7) is 0.770. The topological polar surface area (TPSA) is 66.4 Å². The zero-order chi connectivity index (χ0) is 11.8. The van der Waals surface area contributed by atoms with Crippen LogP contribution in [-0.2, 0) is 9.59 Å². The van der Waals surface area contributed by atoms with E-state index in [1.54, 1.807) is 0 Å². The zero-order valence-corrected chi connectivity index (χ0v) is 9.71. The first-order valence-electron chi connectivity index (χ1n) is 6.17. The average Bonchev–Trinajstić information content (AvgIpc) is 2.27. The third kappa shape index (κ3) is 5.73. The standard InChI is InChI=1S/C12H21NO3/c14-11(7-4-8-12(15)16)13-9-10-5-2-1-3-6-10/h10H,1-9H2,(H,13,14)(H,15,16). The van der Waals surface area contributed by atoms with Gasteiger partial charge in [0, 0.05) is 19.4 Å². The molecule has 0 aliphatic heterocycles. The van der Waals surface area contributed by atoms with E-state index in [-0.39, 0.29) is 12.3 Å². The van der Waals surface area contributed by atoms with Crippen LogP contribution in [0.5, 0.6) is 0 Å². The number of carboxylic acid groups (broad SMARTS) is 1. The van der Waals surface area contributed by atoms with Crippen molar-refractivity contribution in [1.29, 1.82) is 0 Å². The Hall–Kier alpha value is -1.06. The first-order valence-corrected chi connectivity index (χ1v) is 6.17. The Bertz CT molecular complexity index is 234. The van der Waals surface area contributed by atoms with Crippen molar-refractivity contribution < 1.29 is 14.7 Å². The normalized spacial score (nSPS) is 17.0. The molecule has 0 saturated heterocycles. The summed E-state index contributed by atoms with van der Waals surface area (Å²) < 4.78 is 0. The number of amides is 1. The highest BCUT2D eigenvalue weighted by Crippen LogP contribution is 2.22. The van der Waals surface area contributed by atoms with E-state index in [1.807, 2.05) is 0 Å². The van der Waals surface area contributed by atoms with E-state index < -0.39 is 5.97 Å². The SMILES string of the molecule is O=C(O)CCCC(=O)NCC1CCCCC1. The second-order valence-electron chi connectivity index (χ2n) is 4.56. The van der Waals surface area contributed by atoms with Crippen molar-refractivity contribution in [2.75, 3.05) is 6.54 Å². The molecule has 0 aromatic carbocycles. The summed E-state index contributed by atoms with van der Waals surface area (Å²) in [7, 11) is 0. The molecule has 92 valence electrons. The first-order chi connectivity index (χ1) is 7.68. The highest BCUT2D eigenvalue weighted by Gasteiger charge is 2.14. The lowest BCUT2D eigenvalue weighted by molar-refractivity contribution is -0.137. The minimum absolute atomic E-state index is 0.00757. The second kappa shape index (κ2) is 7.25. The van der Waals surface area contributed by atoms with E-state index in [2.05, 4.69) is 5.32 Å². The molecule has 0 aromatic rings. The van der Waals surface area contributed by atoms with E-state index in [0.29, 0.717) is 18.8 Å². The molecule has 0 heterocycles. The van der Waals surface area contributed by atoms with Gasteiger partial charge in [0.25, 0.3) is 0 Å². The fourth-order valence-electron chi connectivity index (χ4n) is 2.14. The maximum Gasteiger partial charge on any atom is 0.303 e. The molecule has 1 fully saturated rings. The van der Waals surface area contributed by atoms with Crippen molar-refractivity contribution >= 4 is 11.9 Å². The third-order valence-electron chi connectivity index (χ3n) is 3.11. The molecule has 1 aliphatic rings. The molecule has 0 spiro atoms. The minimum atomic E-state index is -0.833. The highest BCUT2D eigenvalue weighted by atomic mass is 16.4. The van der Waals surface area contributed by atoms with Crippen LogP contribution in [0.15, 0.2) is 0 Å². The van der Waals surface area contributed by atoms with Gasteiger partial charge in [-0.05, 0) is 25.2 Å². The van der Waals surface area contributed by atoms with Gasteiger partial charge in [0.1, 0.15) is 0 Å². The van der Waals surface area contributed by atoms with Gasteiger partial charge in [0.2, 0.25) is 5.91 Å². The van der Waals surface area contributed by atoms with Gasteiger partial charge in [0.05, 0.1) is 0 Å². The minimum Gasteiger partial charge on any atom is -0.481 e. The molecule has 4 heteroatoms. The van der Waals surface area contributed by atoms with Gasteiger partial charge in [0.15, 0.2) is 0 Å². The highest BCUT2D eigenvalue weighted by molar-refractivity contribution is 5.76. The Morgan fingerprint density at radius 2 is 1.81 bits per heavy atom. The number of rotatable bonds is 6. The number of carbonyl (C=O) groups excluding carboxylic acids is 1. The Morgan fingerprint density at radius 1 is 1.12 bits per heavy atom. The summed E-state index contributed by atoms with van der Waals surface area (Å²) in [4.78, 5) is 21.6. The number of carboxylic acids is 1. The maximum atomic E-state index is 11.4. The largest absolute Gasteiger partial charge is 0.481 e. The molecule has 1 amide bonds. The Kier molecular flexibility index (Phi) is 5.90. The van der Waals surface area contributed by atoms with Crippen LogP contribution in [0.4, 0.5) is 0 Å². The van der Waals surface area contributed by atoms with Crippen molar-refractivity contribution in [2.45, 2.75) is 51.4 Å². The van der Waals surface area contributed by atoms with Gasteiger partial charge in [-0.3, -0.25) is 9.59 Å². The van der Waals surface area contributed by atoms with Gasteiger partial charge in [-0.1, -0.05) is 19.3 Å². The van der Waals surface area contributed by atoms with E-state index >= 15 is 0 Å². The summed E-state index contributed by atoms with van der Waals surface area (Å²) in [5.74, 6) is -0.205. The molecular formula is C12H21NO3. The molecule has 16 heavy (non-hydrogen) atoms. The van der Waals surface area contributed by atoms with E-state index in [4.69, 9.17) is 5.11 Å². The van der Waals surface area contributed by atoms with E-state index in [9.17, 15) is 9.59 Å². The number of hydrogen-bond acceptors (Lipinski definition) is 2. The van der Waals surface area contributed by atoms with E-state index in [0.717, 1.165) is 6.54 Å². The number of hydrogen-bond donors (Lipinski definition) is 2. The molecule has 1 rings (SSSR count).